The van der Waals surface area contributed by atoms with Crippen molar-refractivity contribution in [3.05, 3.63) is 24.3 Å². The van der Waals surface area contributed by atoms with Gasteiger partial charge in [-0.05, 0) is 67.9 Å². The Morgan fingerprint density at radius 2 is 1.65 bits per heavy atom. The highest BCUT2D eigenvalue weighted by molar-refractivity contribution is 5.74. The zero-order valence-corrected chi connectivity index (χ0v) is 16.9. The lowest BCUT2D eigenvalue weighted by Gasteiger charge is -2.51. The molecule has 4 rings (SSSR count). The van der Waals surface area contributed by atoms with Gasteiger partial charge in [-0.1, -0.05) is 45.0 Å². The molecule has 2 aromatic rings. The maximum Gasteiger partial charge on any atom is 0.117 e. The van der Waals surface area contributed by atoms with Crippen LogP contribution < -0.4 is 0 Å². The van der Waals surface area contributed by atoms with Gasteiger partial charge in [-0.25, -0.2) is 4.68 Å². The summed E-state index contributed by atoms with van der Waals surface area (Å²) in [5.74, 6) is 1.65. The summed E-state index contributed by atoms with van der Waals surface area (Å²) in [6.45, 7) is 12.0. The fraction of sp³-hybridized carbons (Fsp3) is 0.727. The molecule has 0 amide bonds. The summed E-state index contributed by atoms with van der Waals surface area (Å²) in [6.07, 6.45) is 7.55. The molecule has 0 spiro atoms. The highest BCUT2D eigenvalue weighted by Crippen LogP contribution is 2.47. The molecular formula is C22H34N4. The molecule has 1 aromatic carbocycles. The Morgan fingerprint density at radius 1 is 1.00 bits per heavy atom. The smallest absolute Gasteiger partial charge is 0.117 e. The molecule has 0 atom stereocenters. The quantitative estimate of drug-likeness (QED) is 0.756. The Kier molecular flexibility index (Phi) is 4.58. The zero-order chi connectivity index (χ0) is 18.4. The molecule has 1 saturated heterocycles. The van der Waals surface area contributed by atoms with Gasteiger partial charge in [-0.15, -0.1) is 5.10 Å². The second kappa shape index (κ2) is 6.63. The van der Waals surface area contributed by atoms with Crippen molar-refractivity contribution >= 4 is 11.0 Å². The van der Waals surface area contributed by atoms with E-state index in [2.05, 4.69) is 66.6 Å². The van der Waals surface area contributed by atoms with Gasteiger partial charge in [0.2, 0.25) is 0 Å². The fourth-order valence-electron chi connectivity index (χ4n) is 5.21. The van der Waals surface area contributed by atoms with E-state index in [0.717, 1.165) is 17.4 Å². The van der Waals surface area contributed by atoms with Gasteiger partial charge >= 0.3 is 0 Å². The normalized spacial score (nSPS) is 29.3. The summed E-state index contributed by atoms with van der Waals surface area (Å²) >= 11 is 0. The maximum atomic E-state index is 4.70. The Bertz CT molecular complexity index is 741. The summed E-state index contributed by atoms with van der Waals surface area (Å²) < 4.78 is 2.29. The van der Waals surface area contributed by atoms with Crippen LogP contribution in [-0.2, 0) is 5.66 Å². The Labute approximate surface area is 157 Å². The van der Waals surface area contributed by atoms with Gasteiger partial charge in [-0.3, -0.25) is 4.90 Å². The highest BCUT2D eigenvalue weighted by Gasteiger charge is 2.46. The first kappa shape index (κ1) is 18.0. The number of nitrogens with zero attached hydrogens (tertiary/aromatic N) is 4. The van der Waals surface area contributed by atoms with E-state index < -0.39 is 0 Å². The van der Waals surface area contributed by atoms with Crippen LogP contribution in [0.4, 0.5) is 0 Å². The summed E-state index contributed by atoms with van der Waals surface area (Å²) in [5.41, 5.74) is 2.63. The molecule has 2 heterocycles. The molecule has 0 bridgehead atoms. The molecular weight excluding hydrogens is 320 g/mol. The fourth-order valence-corrected chi connectivity index (χ4v) is 5.21. The second-order valence-corrected chi connectivity index (χ2v) is 9.78. The van der Waals surface area contributed by atoms with Gasteiger partial charge in [0.25, 0.3) is 0 Å². The number of hydrogen-bond donors (Lipinski definition) is 0. The summed E-state index contributed by atoms with van der Waals surface area (Å²) in [5, 5.41) is 9.20. The lowest BCUT2D eigenvalue weighted by Crippen LogP contribution is -2.56. The minimum absolute atomic E-state index is 0.0119. The second-order valence-electron chi connectivity index (χ2n) is 9.78. The Morgan fingerprint density at radius 3 is 2.31 bits per heavy atom. The number of piperidine rings is 1. The minimum Gasteiger partial charge on any atom is -0.279 e. The van der Waals surface area contributed by atoms with Crippen LogP contribution in [0, 0.1) is 17.3 Å². The largest absolute Gasteiger partial charge is 0.279 e. The molecule has 0 radical (unpaired) electrons. The van der Waals surface area contributed by atoms with Crippen LogP contribution in [0.15, 0.2) is 24.3 Å². The summed E-state index contributed by atoms with van der Waals surface area (Å²) in [7, 11) is 0. The number of para-hydroxylation sites is 1. The lowest BCUT2D eigenvalue weighted by molar-refractivity contribution is -0.0637. The average Bonchev–Trinajstić information content (AvgIpc) is 3.06. The van der Waals surface area contributed by atoms with E-state index in [4.69, 9.17) is 5.21 Å². The molecule has 2 fully saturated rings. The van der Waals surface area contributed by atoms with Crippen molar-refractivity contribution in [3.8, 4) is 0 Å². The number of fused-ring (bicyclic) bond motifs is 1. The van der Waals surface area contributed by atoms with Crippen LogP contribution in [0.5, 0.6) is 0 Å². The van der Waals surface area contributed by atoms with E-state index in [9.17, 15) is 0 Å². The molecule has 1 aliphatic heterocycles. The first-order valence-electron chi connectivity index (χ1n) is 10.5. The van der Waals surface area contributed by atoms with Crippen LogP contribution >= 0.6 is 0 Å². The van der Waals surface area contributed by atoms with Crippen LogP contribution in [0.2, 0.25) is 0 Å². The predicted octanol–water partition coefficient (Wildman–Crippen LogP) is 5.05. The van der Waals surface area contributed by atoms with Gasteiger partial charge < -0.3 is 0 Å². The Hall–Kier alpha value is -1.42. The molecule has 26 heavy (non-hydrogen) atoms. The van der Waals surface area contributed by atoms with E-state index in [1.165, 1.54) is 57.1 Å². The van der Waals surface area contributed by atoms with Crippen LogP contribution in [-0.4, -0.2) is 33.0 Å². The lowest BCUT2D eigenvalue weighted by atomic mass is 9.69. The molecule has 1 saturated carbocycles. The van der Waals surface area contributed by atoms with Crippen molar-refractivity contribution in [2.45, 2.75) is 71.9 Å². The predicted molar refractivity (Wildman–Crippen MR) is 107 cm³/mol. The zero-order valence-electron chi connectivity index (χ0n) is 16.9. The van der Waals surface area contributed by atoms with Crippen LogP contribution in [0.25, 0.3) is 11.0 Å². The molecule has 4 nitrogen and oxygen atoms in total. The monoisotopic (exact) mass is 354 g/mol. The number of hydrogen-bond acceptors (Lipinski definition) is 3. The van der Waals surface area contributed by atoms with Crippen molar-refractivity contribution in [1.29, 1.82) is 0 Å². The molecule has 142 valence electrons. The van der Waals surface area contributed by atoms with Gasteiger partial charge in [0, 0.05) is 13.1 Å². The standard InChI is InChI=1S/C22H34N4/c1-17-11-15-25(16-12-17)22(13-9-18(10-14-22)21(2,3)4)26-20-8-6-5-7-19(20)23-24-26/h5-8,17-18H,9-16H2,1-4H3. The van der Waals surface area contributed by atoms with Gasteiger partial charge in [-0.2, -0.15) is 0 Å². The molecule has 0 unspecified atom stereocenters. The third-order valence-electron chi connectivity index (χ3n) is 7.13. The van der Waals surface area contributed by atoms with E-state index in [0.29, 0.717) is 5.41 Å². The average molecular weight is 355 g/mol. The number of benzene rings is 1. The SMILES string of the molecule is CC1CCN(C2(n3nnc4ccccc43)CCC(C(C)(C)C)CC2)CC1. The number of rotatable bonds is 2. The first-order chi connectivity index (χ1) is 12.4. The van der Waals surface area contributed by atoms with Crippen molar-refractivity contribution in [2.75, 3.05) is 13.1 Å². The van der Waals surface area contributed by atoms with E-state index in [-0.39, 0.29) is 5.66 Å². The van der Waals surface area contributed by atoms with Crippen molar-refractivity contribution in [1.82, 2.24) is 19.9 Å². The summed E-state index contributed by atoms with van der Waals surface area (Å²) in [6, 6.07) is 8.47. The third-order valence-corrected chi connectivity index (χ3v) is 7.13. The summed E-state index contributed by atoms with van der Waals surface area (Å²) in [4.78, 5) is 2.74. The van der Waals surface area contributed by atoms with Gasteiger partial charge in [0.15, 0.2) is 0 Å². The Balaban J connectivity index is 1.71. The highest BCUT2D eigenvalue weighted by atomic mass is 15.5. The van der Waals surface area contributed by atoms with Crippen molar-refractivity contribution in [2.24, 2.45) is 17.3 Å². The van der Waals surface area contributed by atoms with Crippen molar-refractivity contribution in [3.63, 3.8) is 0 Å². The molecule has 1 aromatic heterocycles. The van der Waals surface area contributed by atoms with Gasteiger partial charge in [0.05, 0.1) is 5.52 Å². The van der Waals surface area contributed by atoms with Crippen LogP contribution in [0.1, 0.15) is 66.2 Å². The van der Waals surface area contributed by atoms with Gasteiger partial charge in [0.1, 0.15) is 11.2 Å². The molecule has 2 aliphatic rings. The van der Waals surface area contributed by atoms with E-state index in [1.54, 1.807) is 0 Å². The third kappa shape index (κ3) is 3.06. The molecule has 4 heteroatoms. The topological polar surface area (TPSA) is 34.0 Å². The van der Waals surface area contributed by atoms with E-state index in [1.807, 2.05) is 0 Å². The molecule has 0 N–H and O–H groups in total. The van der Waals surface area contributed by atoms with Crippen molar-refractivity contribution < 1.29 is 0 Å². The number of aromatic nitrogens is 3. The maximum absolute atomic E-state index is 4.70. The first-order valence-corrected chi connectivity index (χ1v) is 10.5. The number of likely N-dealkylation sites (tertiary alicyclic amines) is 1. The molecule has 1 aliphatic carbocycles. The minimum atomic E-state index is 0.0119. The van der Waals surface area contributed by atoms with E-state index >= 15 is 0 Å². The van der Waals surface area contributed by atoms with Crippen LogP contribution in [0.3, 0.4) is 0 Å².